The molecule has 0 spiro atoms. The number of rotatable bonds is 3. The van der Waals surface area contributed by atoms with Crippen LogP contribution in [0.2, 0.25) is 0 Å². The highest BCUT2D eigenvalue weighted by molar-refractivity contribution is 5.69. The summed E-state index contributed by atoms with van der Waals surface area (Å²) in [6, 6.07) is 17.4. The average molecular weight is 281 g/mol. The van der Waals surface area contributed by atoms with Crippen LogP contribution in [0.4, 0.5) is 0 Å². The monoisotopic (exact) mass is 281 g/mol. The van der Waals surface area contributed by atoms with Crippen molar-refractivity contribution < 1.29 is 4.74 Å². The molecular formula is C19H23NO. The topological polar surface area (TPSA) is 21.3 Å². The van der Waals surface area contributed by atoms with Gasteiger partial charge in [-0.25, -0.2) is 0 Å². The molecular weight excluding hydrogens is 258 g/mol. The molecule has 3 rings (SSSR count). The molecule has 1 N–H and O–H groups in total. The van der Waals surface area contributed by atoms with Crippen molar-refractivity contribution >= 4 is 0 Å². The molecule has 21 heavy (non-hydrogen) atoms. The number of hydrogen-bond donors (Lipinski definition) is 1. The van der Waals surface area contributed by atoms with E-state index in [4.69, 9.17) is 4.74 Å². The highest BCUT2D eigenvalue weighted by atomic mass is 16.5. The van der Waals surface area contributed by atoms with E-state index in [0.29, 0.717) is 5.92 Å². The predicted molar refractivity (Wildman–Crippen MR) is 87.5 cm³/mol. The Balaban J connectivity index is 2.02. The summed E-state index contributed by atoms with van der Waals surface area (Å²) in [4.78, 5) is 0. The van der Waals surface area contributed by atoms with Crippen molar-refractivity contribution in [3.63, 3.8) is 0 Å². The summed E-state index contributed by atoms with van der Waals surface area (Å²) in [5.41, 5.74) is 5.28. The molecule has 2 aromatic rings. The highest BCUT2D eigenvalue weighted by Crippen LogP contribution is 2.32. The highest BCUT2D eigenvalue weighted by Gasteiger charge is 2.18. The van der Waals surface area contributed by atoms with Gasteiger partial charge in [-0.2, -0.15) is 0 Å². The first-order valence-electron chi connectivity index (χ1n) is 7.77. The van der Waals surface area contributed by atoms with Crippen LogP contribution in [-0.4, -0.2) is 19.7 Å². The van der Waals surface area contributed by atoms with E-state index >= 15 is 0 Å². The fraction of sp³-hybridized carbons (Fsp3) is 0.368. The largest absolute Gasteiger partial charge is 0.371 e. The first-order valence-corrected chi connectivity index (χ1v) is 7.77. The fourth-order valence-electron chi connectivity index (χ4n) is 2.92. The molecule has 1 aliphatic rings. The number of benzene rings is 2. The van der Waals surface area contributed by atoms with Crippen LogP contribution in [0.25, 0.3) is 11.1 Å². The Morgan fingerprint density at radius 3 is 2.57 bits per heavy atom. The van der Waals surface area contributed by atoms with Crippen LogP contribution in [0.3, 0.4) is 0 Å². The summed E-state index contributed by atoms with van der Waals surface area (Å²) in [7, 11) is 0. The van der Waals surface area contributed by atoms with E-state index in [-0.39, 0.29) is 6.10 Å². The Morgan fingerprint density at radius 1 is 1.10 bits per heavy atom. The Kier molecular flexibility index (Phi) is 4.37. The lowest BCUT2D eigenvalue weighted by Crippen LogP contribution is -2.33. The zero-order valence-corrected chi connectivity index (χ0v) is 12.8. The van der Waals surface area contributed by atoms with E-state index in [9.17, 15) is 0 Å². The van der Waals surface area contributed by atoms with Gasteiger partial charge in [0.25, 0.3) is 0 Å². The molecule has 2 nitrogen and oxygen atoms in total. The molecule has 1 saturated heterocycles. The van der Waals surface area contributed by atoms with E-state index in [1.165, 1.54) is 22.3 Å². The second kappa shape index (κ2) is 6.42. The molecule has 1 unspecified atom stereocenters. The standard InChI is InChI=1S/C19H23NO/c1-14(2)17-9-8-16(19-13-20-10-11-21-19)12-18(17)15-6-4-3-5-7-15/h3-9,12,14,19-20H,10-11,13H2,1-2H3. The number of ether oxygens (including phenoxy) is 1. The zero-order chi connectivity index (χ0) is 14.7. The minimum absolute atomic E-state index is 0.169. The van der Waals surface area contributed by atoms with Crippen molar-refractivity contribution in [2.45, 2.75) is 25.9 Å². The van der Waals surface area contributed by atoms with Crippen LogP contribution >= 0.6 is 0 Å². The molecule has 0 saturated carbocycles. The van der Waals surface area contributed by atoms with Crippen LogP contribution in [-0.2, 0) is 4.74 Å². The Labute approximate surface area is 127 Å². The van der Waals surface area contributed by atoms with Crippen LogP contribution < -0.4 is 5.32 Å². The summed E-state index contributed by atoms with van der Waals surface area (Å²) in [6.45, 7) is 7.14. The van der Waals surface area contributed by atoms with Crippen molar-refractivity contribution in [3.05, 3.63) is 59.7 Å². The lowest BCUT2D eigenvalue weighted by molar-refractivity contribution is 0.0277. The second-order valence-corrected chi connectivity index (χ2v) is 5.93. The van der Waals surface area contributed by atoms with Crippen LogP contribution in [0.5, 0.6) is 0 Å². The normalized spacial score (nSPS) is 18.9. The van der Waals surface area contributed by atoms with E-state index in [0.717, 1.165) is 19.7 Å². The van der Waals surface area contributed by atoms with Gasteiger partial charge in [-0.05, 0) is 34.2 Å². The fourth-order valence-corrected chi connectivity index (χ4v) is 2.92. The third kappa shape index (κ3) is 3.17. The first kappa shape index (κ1) is 14.3. The van der Waals surface area contributed by atoms with Crippen LogP contribution in [0.1, 0.15) is 37.0 Å². The second-order valence-electron chi connectivity index (χ2n) is 5.93. The zero-order valence-electron chi connectivity index (χ0n) is 12.8. The third-order valence-corrected chi connectivity index (χ3v) is 4.08. The van der Waals surface area contributed by atoms with Gasteiger partial charge < -0.3 is 10.1 Å². The van der Waals surface area contributed by atoms with Gasteiger partial charge in [0.05, 0.1) is 12.7 Å². The van der Waals surface area contributed by atoms with Crippen molar-refractivity contribution in [1.82, 2.24) is 5.32 Å². The van der Waals surface area contributed by atoms with Gasteiger partial charge in [0.15, 0.2) is 0 Å². The molecule has 0 bridgehead atoms. The molecule has 0 aliphatic carbocycles. The van der Waals surface area contributed by atoms with E-state index in [2.05, 4.69) is 67.7 Å². The Bertz CT molecular complexity index is 586. The molecule has 110 valence electrons. The summed E-state index contributed by atoms with van der Waals surface area (Å²) in [5, 5.41) is 3.40. The average Bonchev–Trinajstić information content (AvgIpc) is 2.56. The predicted octanol–water partition coefficient (Wildman–Crippen LogP) is 4.14. The molecule has 0 amide bonds. The molecule has 2 aromatic carbocycles. The molecule has 1 fully saturated rings. The van der Waals surface area contributed by atoms with Crippen molar-refractivity contribution in [1.29, 1.82) is 0 Å². The maximum atomic E-state index is 5.89. The van der Waals surface area contributed by atoms with Gasteiger partial charge >= 0.3 is 0 Å². The maximum absolute atomic E-state index is 5.89. The summed E-state index contributed by atoms with van der Waals surface area (Å²) >= 11 is 0. The van der Waals surface area contributed by atoms with Gasteiger partial charge in [-0.1, -0.05) is 56.3 Å². The first-order chi connectivity index (χ1) is 10.3. The summed E-state index contributed by atoms with van der Waals surface area (Å²) in [6.07, 6.45) is 0.169. The van der Waals surface area contributed by atoms with Crippen molar-refractivity contribution in [2.75, 3.05) is 19.7 Å². The lowest BCUT2D eigenvalue weighted by Gasteiger charge is -2.25. The Morgan fingerprint density at radius 2 is 1.90 bits per heavy atom. The number of morpholine rings is 1. The molecule has 1 aliphatic heterocycles. The van der Waals surface area contributed by atoms with Crippen molar-refractivity contribution in [3.8, 4) is 11.1 Å². The van der Waals surface area contributed by atoms with Gasteiger partial charge in [0.1, 0.15) is 0 Å². The van der Waals surface area contributed by atoms with Crippen LogP contribution in [0.15, 0.2) is 48.5 Å². The van der Waals surface area contributed by atoms with Gasteiger partial charge in [0, 0.05) is 13.1 Å². The van der Waals surface area contributed by atoms with Gasteiger partial charge in [0.2, 0.25) is 0 Å². The summed E-state index contributed by atoms with van der Waals surface area (Å²) < 4.78 is 5.89. The van der Waals surface area contributed by atoms with Crippen LogP contribution in [0, 0.1) is 0 Å². The molecule has 2 heteroatoms. The van der Waals surface area contributed by atoms with Gasteiger partial charge in [-0.3, -0.25) is 0 Å². The minimum atomic E-state index is 0.169. The molecule has 0 radical (unpaired) electrons. The summed E-state index contributed by atoms with van der Waals surface area (Å²) in [5.74, 6) is 0.514. The smallest absolute Gasteiger partial charge is 0.0950 e. The van der Waals surface area contributed by atoms with E-state index in [1.54, 1.807) is 0 Å². The SMILES string of the molecule is CC(C)c1ccc(C2CNCCO2)cc1-c1ccccc1. The molecule has 1 atom stereocenters. The van der Waals surface area contributed by atoms with Gasteiger partial charge in [-0.15, -0.1) is 0 Å². The third-order valence-electron chi connectivity index (χ3n) is 4.08. The Hall–Kier alpha value is -1.64. The van der Waals surface area contributed by atoms with Crippen molar-refractivity contribution in [2.24, 2.45) is 0 Å². The molecule has 1 heterocycles. The number of hydrogen-bond acceptors (Lipinski definition) is 2. The molecule has 0 aromatic heterocycles. The van der Waals surface area contributed by atoms with E-state index in [1.807, 2.05) is 0 Å². The maximum Gasteiger partial charge on any atom is 0.0950 e. The number of nitrogens with one attached hydrogen (secondary N) is 1. The lowest BCUT2D eigenvalue weighted by atomic mass is 9.90. The van der Waals surface area contributed by atoms with E-state index < -0.39 is 0 Å². The quantitative estimate of drug-likeness (QED) is 0.913. The minimum Gasteiger partial charge on any atom is -0.371 e.